The second kappa shape index (κ2) is 9.40. The lowest BCUT2D eigenvalue weighted by Gasteiger charge is -2.36. The summed E-state index contributed by atoms with van der Waals surface area (Å²) in [6, 6.07) is 8.22. The fourth-order valence-electron chi connectivity index (χ4n) is 4.01. The van der Waals surface area contributed by atoms with E-state index in [1.807, 2.05) is 4.90 Å². The van der Waals surface area contributed by atoms with Gasteiger partial charge in [0.2, 0.25) is 15.9 Å². The number of anilines is 1. The molecule has 0 radical (unpaired) electrons. The molecule has 2 aromatic rings. The summed E-state index contributed by atoms with van der Waals surface area (Å²) in [5.74, 6) is -0.255. The third-order valence-electron chi connectivity index (χ3n) is 5.76. The van der Waals surface area contributed by atoms with Crippen LogP contribution >= 0.6 is 34.8 Å². The van der Waals surface area contributed by atoms with Crippen LogP contribution in [-0.2, 0) is 19.6 Å². The molecular weight excluding hydrogens is 513 g/mol. The fraction of sp³-hybridized carbons (Fsp3) is 0.333. The van der Waals surface area contributed by atoms with E-state index in [1.165, 1.54) is 35.7 Å². The number of imide groups is 1. The van der Waals surface area contributed by atoms with E-state index in [9.17, 15) is 18.0 Å². The molecule has 0 spiro atoms. The van der Waals surface area contributed by atoms with Gasteiger partial charge in [0.05, 0.1) is 45.2 Å². The van der Waals surface area contributed by atoms with Crippen LogP contribution < -0.4 is 9.64 Å². The first-order valence-electron chi connectivity index (χ1n) is 10.0. The number of halogens is 3. The Bertz CT molecular complexity index is 1220. The average Bonchev–Trinajstić information content (AvgIpc) is 3.09. The smallest absolute Gasteiger partial charge is 0.251 e. The van der Waals surface area contributed by atoms with Crippen LogP contribution in [0.3, 0.4) is 0 Å². The zero-order chi connectivity index (χ0) is 23.9. The van der Waals surface area contributed by atoms with E-state index in [-0.39, 0.29) is 46.3 Å². The number of piperazine rings is 1. The lowest BCUT2D eigenvalue weighted by atomic mass is 10.2. The van der Waals surface area contributed by atoms with E-state index < -0.39 is 16.1 Å². The molecule has 33 heavy (non-hydrogen) atoms. The van der Waals surface area contributed by atoms with Gasteiger partial charge >= 0.3 is 0 Å². The Hall–Kier alpha value is -1.88. The largest absolute Gasteiger partial charge is 0.495 e. The number of carbonyl (C=O) groups is 2. The minimum atomic E-state index is -3.76. The molecule has 2 amide bonds. The Balaban J connectivity index is 1.46. The average molecular weight is 533 g/mol. The predicted octanol–water partition coefficient (Wildman–Crippen LogP) is 3.29. The van der Waals surface area contributed by atoms with Gasteiger partial charge in [-0.25, -0.2) is 13.3 Å². The molecule has 0 saturated carbocycles. The summed E-state index contributed by atoms with van der Waals surface area (Å²) in [5.41, 5.74) is 0.374. The normalized spacial score (nSPS) is 20.5. The zero-order valence-corrected chi connectivity index (χ0v) is 20.6. The third-order valence-corrected chi connectivity index (χ3v) is 8.69. The van der Waals surface area contributed by atoms with Crippen molar-refractivity contribution >= 4 is 62.3 Å². The van der Waals surface area contributed by atoms with E-state index in [0.717, 1.165) is 4.90 Å². The van der Waals surface area contributed by atoms with Crippen LogP contribution in [0.1, 0.15) is 6.42 Å². The molecule has 2 fully saturated rings. The van der Waals surface area contributed by atoms with Crippen LogP contribution in [0.5, 0.6) is 5.75 Å². The number of benzene rings is 2. The van der Waals surface area contributed by atoms with Gasteiger partial charge in [-0.1, -0.05) is 34.8 Å². The van der Waals surface area contributed by atoms with Crippen molar-refractivity contribution in [2.75, 3.05) is 38.2 Å². The number of ether oxygens (including phenoxy) is 1. The van der Waals surface area contributed by atoms with Crippen LogP contribution in [0.15, 0.2) is 41.3 Å². The van der Waals surface area contributed by atoms with Crippen LogP contribution in [0.25, 0.3) is 0 Å². The predicted molar refractivity (Wildman–Crippen MR) is 126 cm³/mol. The summed E-state index contributed by atoms with van der Waals surface area (Å²) < 4.78 is 32.4. The van der Waals surface area contributed by atoms with Gasteiger partial charge in [0.1, 0.15) is 5.75 Å². The number of amides is 2. The van der Waals surface area contributed by atoms with Crippen molar-refractivity contribution in [1.29, 1.82) is 0 Å². The van der Waals surface area contributed by atoms with Gasteiger partial charge in [-0.3, -0.25) is 14.5 Å². The number of methoxy groups -OCH3 is 1. The second-order valence-corrected chi connectivity index (χ2v) is 10.8. The van der Waals surface area contributed by atoms with Crippen molar-refractivity contribution in [3.05, 3.63) is 51.5 Å². The number of hydrogen-bond acceptors (Lipinski definition) is 6. The summed E-state index contributed by atoms with van der Waals surface area (Å²) >= 11 is 18.0. The Kier molecular flexibility index (Phi) is 6.91. The standard InChI is InChI=1S/C21H20Cl3N3O5S/c1-32-19-5-2-13(10-17(19)24)27-20(28)12-18(21(27)29)25-6-8-26(9-7-25)33(30,31)14-3-4-15(22)16(23)11-14/h2-5,10-11,18H,6-9,12H2,1H3/t18-/m1/s1. The van der Waals surface area contributed by atoms with E-state index in [4.69, 9.17) is 39.5 Å². The van der Waals surface area contributed by atoms with Crippen LogP contribution in [-0.4, -0.2) is 68.8 Å². The highest BCUT2D eigenvalue weighted by Gasteiger charge is 2.44. The minimum absolute atomic E-state index is 0.0159. The highest BCUT2D eigenvalue weighted by Crippen LogP contribution is 2.33. The van der Waals surface area contributed by atoms with Crippen LogP contribution in [0.2, 0.25) is 15.1 Å². The lowest BCUT2D eigenvalue weighted by Crippen LogP contribution is -2.53. The SMILES string of the molecule is COc1ccc(N2C(=O)C[C@@H](N3CCN(S(=O)(=O)c4ccc(Cl)c(Cl)c4)CC3)C2=O)cc1Cl. The van der Waals surface area contributed by atoms with Crippen molar-refractivity contribution in [2.24, 2.45) is 0 Å². The van der Waals surface area contributed by atoms with E-state index in [2.05, 4.69) is 0 Å². The van der Waals surface area contributed by atoms with Crippen molar-refractivity contribution in [2.45, 2.75) is 17.4 Å². The Morgan fingerprint density at radius 1 is 0.909 bits per heavy atom. The molecule has 2 aliphatic rings. The quantitative estimate of drug-likeness (QED) is 0.549. The van der Waals surface area contributed by atoms with Crippen molar-refractivity contribution in [3.8, 4) is 5.75 Å². The molecule has 2 aliphatic heterocycles. The minimum Gasteiger partial charge on any atom is -0.495 e. The van der Waals surface area contributed by atoms with Gasteiger partial charge in [-0.15, -0.1) is 0 Å². The Morgan fingerprint density at radius 3 is 2.21 bits per heavy atom. The van der Waals surface area contributed by atoms with Gasteiger partial charge in [0, 0.05) is 26.2 Å². The summed E-state index contributed by atoms with van der Waals surface area (Å²) in [5, 5.41) is 0.720. The molecule has 0 aromatic heterocycles. The first kappa shape index (κ1) is 24.3. The van der Waals surface area contributed by atoms with Gasteiger partial charge in [-0.05, 0) is 36.4 Å². The molecule has 0 N–H and O–H groups in total. The first-order chi connectivity index (χ1) is 15.6. The molecule has 0 bridgehead atoms. The Labute approximate surface area is 206 Å². The van der Waals surface area contributed by atoms with Crippen molar-refractivity contribution in [1.82, 2.24) is 9.21 Å². The molecule has 2 heterocycles. The molecule has 176 valence electrons. The fourth-order valence-corrected chi connectivity index (χ4v) is 6.07. The molecule has 1 atom stereocenters. The number of nitrogens with zero attached hydrogens (tertiary/aromatic N) is 3. The van der Waals surface area contributed by atoms with E-state index >= 15 is 0 Å². The van der Waals surface area contributed by atoms with Crippen molar-refractivity contribution < 1.29 is 22.7 Å². The molecular formula is C21H20Cl3N3O5S. The van der Waals surface area contributed by atoms with Crippen LogP contribution in [0, 0.1) is 0 Å². The third kappa shape index (κ3) is 4.58. The molecule has 8 nitrogen and oxygen atoms in total. The number of hydrogen-bond donors (Lipinski definition) is 0. The molecule has 0 aliphatic carbocycles. The monoisotopic (exact) mass is 531 g/mol. The highest BCUT2D eigenvalue weighted by molar-refractivity contribution is 7.89. The summed E-state index contributed by atoms with van der Waals surface area (Å²) in [4.78, 5) is 28.7. The van der Waals surface area contributed by atoms with Gasteiger partial charge in [-0.2, -0.15) is 4.31 Å². The number of carbonyl (C=O) groups excluding carboxylic acids is 2. The van der Waals surface area contributed by atoms with Gasteiger partial charge in [0.15, 0.2) is 0 Å². The zero-order valence-electron chi connectivity index (χ0n) is 17.5. The first-order valence-corrected chi connectivity index (χ1v) is 12.6. The molecule has 2 aromatic carbocycles. The highest BCUT2D eigenvalue weighted by atomic mass is 35.5. The topological polar surface area (TPSA) is 87.2 Å². The van der Waals surface area contributed by atoms with Crippen LogP contribution in [0.4, 0.5) is 5.69 Å². The van der Waals surface area contributed by atoms with Gasteiger partial charge in [0.25, 0.3) is 5.91 Å². The maximum absolute atomic E-state index is 13.1. The molecule has 12 heteroatoms. The summed E-state index contributed by atoms with van der Waals surface area (Å²) in [6.45, 7) is 0.965. The summed E-state index contributed by atoms with van der Waals surface area (Å²) in [7, 11) is -2.29. The second-order valence-electron chi connectivity index (χ2n) is 7.62. The molecule has 2 saturated heterocycles. The number of sulfonamides is 1. The molecule has 4 rings (SSSR count). The molecule has 0 unspecified atom stereocenters. The van der Waals surface area contributed by atoms with Crippen molar-refractivity contribution in [3.63, 3.8) is 0 Å². The van der Waals surface area contributed by atoms with E-state index in [0.29, 0.717) is 29.5 Å². The maximum atomic E-state index is 13.1. The maximum Gasteiger partial charge on any atom is 0.251 e. The van der Waals surface area contributed by atoms with Gasteiger partial charge < -0.3 is 4.74 Å². The van der Waals surface area contributed by atoms with E-state index in [1.54, 1.807) is 12.1 Å². The summed E-state index contributed by atoms with van der Waals surface area (Å²) in [6.07, 6.45) is 0.0159. The Morgan fingerprint density at radius 2 is 1.61 bits per heavy atom. The number of rotatable bonds is 5. The lowest BCUT2D eigenvalue weighted by molar-refractivity contribution is -0.123.